The van der Waals surface area contributed by atoms with Gasteiger partial charge in [0.15, 0.2) is 0 Å². The third-order valence-corrected chi connectivity index (χ3v) is 5.22. The number of benzene rings is 1. The Morgan fingerprint density at radius 1 is 1.25 bits per heavy atom. The molecule has 4 rings (SSSR count). The van der Waals surface area contributed by atoms with Crippen LogP contribution in [0.3, 0.4) is 0 Å². The molecule has 1 aromatic carbocycles. The Balaban J connectivity index is 1.64. The van der Waals surface area contributed by atoms with Crippen LogP contribution in [0.2, 0.25) is 0 Å². The second kappa shape index (κ2) is 6.20. The van der Waals surface area contributed by atoms with Crippen LogP contribution in [0.5, 0.6) is 0 Å². The zero-order chi connectivity index (χ0) is 16.5. The SMILES string of the molecule is O=C(c1ccsc1)N1CCC[C@H](n2cnc3ccccc3c2=O)C1. The van der Waals surface area contributed by atoms with Crippen LogP contribution in [-0.4, -0.2) is 33.4 Å². The van der Waals surface area contributed by atoms with E-state index in [1.165, 1.54) is 11.3 Å². The van der Waals surface area contributed by atoms with Crippen molar-refractivity contribution in [2.24, 2.45) is 0 Å². The third kappa shape index (κ3) is 2.63. The molecule has 2 aromatic heterocycles. The van der Waals surface area contributed by atoms with Crippen LogP contribution in [0.15, 0.2) is 52.2 Å². The van der Waals surface area contributed by atoms with Crippen molar-refractivity contribution in [3.63, 3.8) is 0 Å². The van der Waals surface area contributed by atoms with E-state index >= 15 is 0 Å². The number of amides is 1. The second-order valence-corrected chi connectivity index (χ2v) is 6.81. The normalized spacial score (nSPS) is 18.0. The zero-order valence-corrected chi connectivity index (χ0v) is 13.9. The summed E-state index contributed by atoms with van der Waals surface area (Å²) in [7, 11) is 0. The minimum atomic E-state index is -0.0320. The largest absolute Gasteiger partial charge is 0.337 e. The number of para-hydroxylation sites is 1. The number of carbonyl (C=O) groups excluding carboxylic acids is 1. The Morgan fingerprint density at radius 3 is 2.96 bits per heavy atom. The van der Waals surface area contributed by atoms with Crippen molar-refractivity contribution in [3.8, 4) is 0 Å². The van der Waals surface area contributed by atoms with Gasteiger partial charge in [-0.3, -0.25) is 14.2 Å². The molecule has 1 atom stereocenters. The fourth-order valence-electron chi connectivity index (χ4n) is 3.28. The van der Waals surface area contributed by atoms with Gasteiger partial charge in [-0.25, -0.2) is 4.98 Å². The molecule has 3 aromatic rings. The van der Waals surface area contributed by atoms with Gasteiger partial charge in [-0.05, 0) is 36.4 Å². The van der Waals surface area contributed by atoms with Crippen molar-refractivity contribution in [2.45, 2.75) is 18.9 Å². The van der Waals surface area contributed by atoms with Crippen LogP contribution in [0.4, 0.5) is 0 Å². The van der Waals surface area contributed by atoms with Crippen LogP contribution < -0.4 is 5.56 Å². The highest BCUT2D eigenvalue weighted by molar-refractivity contribution is 7.08. The number of fused-ring (bicyclic) bond motifs is 1. The maximum atomic E-state index is 12.8. The van der Waals surface area contributed by atoms with E-state index in [0.717, 1.165) is 24.9 Å². The molecule has 0 saturated carbocycles. The van der Waals surface area contributed by atoms with Gasteiger partial charge in [0, 0.05) is 18.5 Å². The van der Waals surface area contributed by atoms with E-state index in [9.17, 15) is 9.59 Å². The van der Waals surface area contributed by atoms with E-state index in [0.29, 0.717) is 17.4 Å². The second-order valence-electron chi connectivity index (χ2n) is 6.03. The molecule has 0 N–H and O–H groups in total. The number of carbonyl (C=O) groups is 1. The first-order chi connectivity index (χ1) is 11.7. The summed E-state index contributed by atoms with van der Waals surface area (Å²) < 4.78 is 1.69. The van der Waals surface area contributed by atoms with Crippen LogP contribution in [0, 0.1) is 0 Å². The molecule has 3 heterocycles. The third-order valence-electron chi connectivity index (χ3n) is 4.54. The van der Waals surface area contributed by atoms with E-state index in [1.807, 2.05) is 39.9 Å². The molecule has 0 spiro atoms. The molecule has 1 fully saturated rings. The lowest BCUT2D eigenvalue weighted by molar-refractivity contribution is 0.0678. The summed E-state index contributed by atoms with van der Waals surface area (Å²) in [6, 6.07) is 9.20. The summed E-state index contributed by atoms with van der Waals surface area (Å²) in [6.45, 7) is 1.29. The van der Waals surface area contributed by atoms with Crippen LogP contribution in [0.25, 0.3) is 10.9 Å². The van der Waals surface area contributed by atoms with E-state index < -0.39 is 0 Å². The Labute approximate surface area is 143 Å². The summed E-state index contributed by atoms with van der Waals surface area (Å²) in [5.74, 6) is 0.0442. The van der Waals surface area contributed by atoms with Gasteiger partial charge in [-0.2, -0.15) is 11.3 Å². The van der Waals surface area contributed by atoms with Gasteiger partial charge in [0.25, 0.3) is 11.5 Å². The molecule has 1 aliphatic rings. The van der Waals surface area contributed by atoms with Gasteiger partial charge in [0.1, 0.15) is 0 Å². The number of aromatic nitrogens is 2. The van der Waals surface area contributed by atoms with Gasteiger partial charge in [0.05, 0.1) is 28.8 Å². The van der Waals surface area contributed by atoms with Gasteiger partial charge in [0.2, 0.25) is 0 Å². The quantitative estimate of drug-likeness (QED) is 0.721. The molecule has 24 heavy (non-hydrogen) atoms. The Hall–Kier alpha value is -2.47. The molecule has 1 saturated heterocycles. The number of hydrogen-bond acceptors (Lipinski definition) is 4. The van der Waals surface area contributed by atoms with Crippen molar-refractivity contribution in [3.05, 3.63) is 63.3 Å². The standard InChI is InChI=1S/C18H17N3O2S/c22-17(13-7-9-24-11-13)20-8-3-4-14(10-20)21-12-19-16-6-2-1-5-15(16)18(21)23/h1-2,5-7,9,11-12,14H,3-4,8,10H2/t14-/m0/s1. The first kappa shape index (κ1) is 15.1. The highest BCUT2D eigenvalue weighted by Gasteiger charge is 2.26. The predicted molar refractivity (Wildman–Crippen MR) is 94.5 cm³/mol. The van der Waals surface area contributed by atoms with Crippen LogP contribution in [-0.2, 0) is 0 Å². The molecular weight excluding hydrogens is 322 g/mol. The summed E-state index contributed by atoms with van der Waals surface area (Å²) >= 11 is 1.52. The molecule has 0 bridgehead atoms. The molecule has 0 unspecified atom stereocenters. The van der Waals surface area contributed by atoms with E-state index in [2.05, 4.69) is 4.98 Å². The first-order valence-corrected chi connectivity index (χ1v) is 8.95. The Morgan fingerprint density at radius 2 is 2.12 bits per heavy atom. The number of piperidine rings is 1. The molecule has 6 heteroatoms. The smallest absolute Gasteiger partial charge is 0.261 e. The number of thiophene rings is 1. The average Bonchev–Trinajstić information content (AvgIpc) is 3.16. The van der Waals surface area contributed by atoms with E-state index in [-0.39, 0.29) is 17.5 Å². The highest BCUT2D eigenvalue weighted by atomic mass is 32.1. The lowest BCUT2D eigenvalue weighted by Gasteiger charge is -2.33. The van der Waals surface area contributed by atoms with Gasteiger partial charge in [-0.1, -0.05) is 12.1 Å². The number of likely N-dealkylation sites (tertiary alicyclic amines) is 1. The molecule has 122 valence electrons. The van der Waals surface area contributed by atoms with Crippen molar-refractivity contribution in [2.75, 3.05) is 13.1 Å². The lowest BCUT2D eigenvalue weighted by Crippen LogP contribution is -2.42. The van der Waals surface area contributed by atoms with Crippen molar-refractivity contribution < 1.29 is 4.79 Å². The molecule has 1 aliphatic heterocycles. The Kier molecular flexibility index (Phi) is 3.90. The number of nitrogens with zero attached hydrogens (tertiary/aromatic N) is 3. The topological polar surface area (TPSA) is 55.2 Å². The maximum absolute atomic E-state index is 12.8. The van der Waals surface area contributed by atoms with Crippen molar-refractivity contribution >= 4 is 28.1 Å². The molecular formula is C18H17N3O2S. The predicted octanol–water partition coefficient (Wildman–Crippen LogP) is 2.94. The lowest BCUT2D eigenvalue weighted by atomic mass is 10.0. The van der Waals surface area contributed by atoms with Crippen molar-refractivity contribution in [1.29, 1.82) is 0 Å². The first-order valence-electron chi connectivity index (χ1n) is 8.01. The minimum Gasteiger partial charge on any atom is -0.337 e. The summed E-state index contributed by atoms with van der Waals surface area (Å²) in [5.41, 5.74) is 1.40. The van der Waals surface area contributed by atoms with E-state index in [1.54, 1.807) is 17.0 Å². The molecule has 0 aliphatic carbocycles. The van der Waals surface area contributed by atoms with Gasteiger partial charge < -0.3 is 4.90 Å². The number of hydrogen-bond donors (Lipinski definition) is 0. The van der Waals surface area contributed by atoms with Gasteiger partial charge in [-0.15, -0.1) is 0 Å². The van der Waals surface area contributed by atoms with Crippen LogP contribution >= 0.6 is 11.3 Å². The molecule has 5 nitrogen and oxygen atoms in total. The van der Waals surface area contributed by atoms with E-state index in [4.69, 9.17) is 0 Å². The summed E-state index contributed by atoms with van der Waals surface area (Å²) in [5, 5.41) is 4.41. The summed E-state index contributed by atoms with van der Waals surface area (Å²) in [6.07, 6.45) is 3.39. The monoisotopic (exact) mass is 339 g/mol. The fraction of sp³-hybridized carbons (Fsp3) is 0.278. The fourth-order valence-corrected chi connectivity index (χ4v) is 3.91. The molecule has 1 amide bonds. The Bertz CT molecular complexity index is 933. The van der Waals surface area contributed by atoms with Gasteiger partial charge >= 0.3 is 0 Å². The maximum Gasteiger partial charge on any atom is 0.261 e. The highest BCUT2D eigenvalue weighted by Crippen LogP contribution is 2.22. The average molecular weight is 339 g/mol. The minimum absolute atomic E-state index is 0.0223. The van der Waals surface area contributed by atoms with Crippen LogP contribution in [0.1, 0.15) is 29.2 Å². The number of rotatable bonds is 2. The van der Waals surface area contributed by atoms with Crippen molar-refractivity contribution in [1.82, 2.24) is 14.5 Å². The zero-order valence-electron chi connectivity index (χ0n) is 13.1. The summed E-state index contributed by atoms with van der Waals surface area (Å²) in [4.78, 5) is 31.6. The molecule has 0 radical (unpaired) electrons.